The number of hydrogen-bond acceptors (Lipinski definition) is 6. The summed E-state index contributed by atoms with van der Waals surface area (Å²) >= 11 is 0. The minimum atomic E-state index is -0.104. The highest BCUT2D eigenvalue weighted by Crippen LogP contribution is 2.20. The van der Waals surface area contributed by atoms with E-state index < -0.39 is 0 Å². The zero-order valence-corrected chi connectivity index (χ0v) is 18.3. The maximum atomic E-state index is 5.89. The summed E-state index contributed by atoms with van der Waals surface area (Å²) in [6.07, 6.45) is 0.121. The van der Waals surface area contributed by atoms with Gasteiger partial charge in [0.25, 0.3) is 0 Å². The Labute approximate surface area is 170 Å². The predicted molar refractivity (Wildman–Crippen MR) is 110 cm³/mol. The average molecular weight is 399 g/mol. The van der Waals surface area contributed by atoms with Crippen LogP contribution < -0.4 is 9.47 Å². The van der Waals surface area contributed by atoms with Crippen LogP contribution >= 0.6 is 0 Å². The highest BCUT2D eigenvalue weighted by molar-refractivity contribution is 5.33. The number of hydrogen-bond donors (Lipinski definition) is 0. The van der Waals surface area contributed by atoms with E-state index in [2.05, 4.69) is 0 Å². The molecule has 0 saturated carbocycles. The SMILES string of the molecule is CCOC(COc1cccc(OCC(COC(C)C)OCC)c1)COC(C)C. The van der Waals surface area contributed by atoms with Crippen LogP contribution in [0.15, 0.2) is 24.3 Å². The van der Waals surface area contributed by atoms with Crippen molar-refractivity contribution >= 4 is 0 Å². The van der Waals surface area contributed by atoms with Crippen molar-refractivity contribution in [1.29, 1.82) is 0 Å². The van der Waals surface area contributed by atoms with Gasteiger partial charge in [-0.3, -0.25) is 0 Å². The molecule has 1 aromatic carbocycles. The van der Waals surface area contributed by atoms with Crippen LogP contribution in [-0.2, 0) is 18.9 Å². The standard InChI is InChI=1S/C22H38O6/c1-7-23-21(13-25-17(3)4)15-27-19-10-9-11-20(12-19)28-16-22(24-8-2)14-26-18(5)6/h9-12,17-18,21-22H,7-8,13-16H2,1-6H3. The summed E-state index contributed by atoms with van der Waals surface area (Å²) in [4.78, 5) is 0. The fourth-order valence-corrected chi connectivity index (χ4v) is 2.39. The Morgan fingerprint density at radius 1 is 0.643 bits per heavy atom. The lowest BCUT2D eigenvalue weighted by atomic mass is 10.3. The summed E-state index contributed by atoms with van der Waals surface area (Å²) in [5.41, 5.74) is 0. The van der Waals surface area contributed by atoms with E-state index in [1.54, 1.807) is 0 Å². The summed E-state index contributed by atoms with van der Waals surface area (Å²) in [5, 5.41) is 0. The first-order chi connectivity index (χ1) is 13.4. The monoisotopic (exact) mass is 398 g/mol. The van der Waals surface area contributed by atoms with E-state index in [9.17, 15) is 0 Å². The van der Waals surface area contributed by atoms with Gasteiger partial charge in [0.15, 0.2) is 0 Å². The van der Waals surface area contributed by atoms with Gasteiger partial charge in [0.05, 0.1) is 25.4 Å². The van der Waals surface area contributed by atoms with Crippen molar-refractivity contribution in [3.05, 3.63) is 24.3 Å². The fourth-order valence-electron chi connectivity index (χ4n) is 2.39. The van der Waals surface area contributed by atoms with Gasteiger partial charge in [0, 0.05) is 19.3 Å². The topological polar surface area (TPSA) is 55.4 Å². The Kier molecular flexibility index (Phi) is 12.9. The molecular formula is C22H38O6. The van der Waals surface area contributed by atoms with Crippen molar-refractivity contribution in [2.75, 3.05) is 39.6 Å². The van der Waals surface area contributed by atoms with E-state index in [1.165, 1.54) is 0 Å². The van der Waals surface area contributed by atoms with Gasteiger partial charge >= 0.3 is 0 Å². The summed E-state index contributed by atoms with van der Waals surface area (Å²) < 4.78 is 34.4. The molecule has 0 spiro atoms. The third-order valence-electron chi connectivity index (χ3n) is 3.71. The van der Waals surface area contributed by atoms with Crippen LogP contribution in [0.4, 0.5) is 0 Å². The predicted octanol–water partition coefficient (Wildman–Crippen LogP) is 4.10. The first kappa shape index (κ1) is 24.7. The Morgan fingerprint density at radius 3 is 1.43 bits per heavy atom. The second-order valence-electron chi connectivity index (χ2n) is 7.02. The molecule has 6 heteroatoms. The molecule has 0 radical (unpaired) electrons. The lowest BCUT2D eigenvalue weighted by Crippen LogP contribution is -2.29. The molecule has 2 unspecified atom stereocenters. The van der Waals surface area contributed by atoms with Crippen LogP contribution in [0.3, 0.4) is 0 Å². The maximum Gasteiger partial charge on any atom is 0.123 e. The zero-order chi connectivity index (χ0) is 20.8. The minimum absolute atomic E-state index is 0.104. The third kappa shape index (κ3) is 11.5. The molecule has 0 bridgehead atoms. The van der Waals surface area contributed by atoms with Gasteiger partial charge in [-0.1, -0.05) is 6.07 Å². The highest BCUT2D eigenvalue weighted by Gasteiger charge is 2.13. The molecule has 0 fully saturated rings. The van der Waals surface area contributed by atoms with E-state index in [-0.39, 0.29) is 24.4 Å². The maximum absolute atomic E-state index is 5.89. The number of rotatable bonds is 16. The Balaban J connectivity index is 2.52. The van der Waals surface area contributed by atoms with Crippen LogP contribution in [0, 0.1) is 0 Å². The molecule has 0 aliphatic rings. The first-order valence-corrected chi connectivity index (χ1v) is 10.3. The molecule has 0 aromatic heterocycles. The molecule has 0 saturated heterocycles. The first-order valence-electron chi connectivity index (χ1n) is 10.3. The number of benzene rings is 1. The van der Waals surface area contributed by atoms with Gasteiger partial charge in [-0.05, 0) is 53.7 Å². The quantitative estimate of drug-likeness (QED) is 0.418. The van der Waals surface area contributed by atoms with Gasteiger partial charge in [0.1, 0.15) is 36.9 Å². The van der Waals surface area contributed by atoms with Crippen LogP contribution in [0.25, 0.3) is 0 Å². The molecule has 1 aromatic rings. The lowest BCUT2D eigenvalue weighted by Gasteiger charge is -2.20. The molecule has 0 aliphatic carbocycles. The van der Waals surface area contributed by atoms with Gasteiger partial charge in [-0.15, -0.1) is 0 Å². The molecule has 0 amide bonds. The summed E-state index contributed by atoms with van der Waals surface area (Å²) in [6, 6.07) is 7.59. The Hall–Kier alpha value is -1.34. The molecule has 0 N–H and O–H groups in total. The zero-order valence-electron chi connectivity index (χ0n) is 18.3. The van der Waals surface area contributed by atoms with Gasteiger partial charge < -0.3 is 28.4 Å². The highest BCUT2D eigenvalue weighted by atomic mass is 16.6. The molecular weight excluding hydrogens is 360 g/mol. The van der Waals surface area contributed by atoms with E-state index in [1.807, 2.05) is 65.8 Å². The smallest absolute Gasteiger partial charge is 0.123 e. The summed E-state index contributed by atoms with van der Waals surface area (Å²) in [6.45, 7) is 15.1. The van der Waals surface area contributed by atoms with Crippen LogP contribution in [0.2, 0.25) is 0 Å². The molecule has 28 heavy (non-hydrogen) atoms. The molecule has 2 atom stereocenters. The molecule has 0 heterocycles. The summed E-state index contributed by atoms with van der Waals surface area (Å²) in [5.74, 6) is 1.47. The Bertz CT molecular complexity index is 464. The van der Waals surface area contributed by atoms with E-state index in [4.69, 9.17) is 28.4 Å². The number of ether oxygens (including phenoxy) is 6. The van der Waals surface area contributed by atoms with Crippen LogP contribution in [0.1, 0.15) is 41.5 Å². The summed E-state index contributed by atoms with van der Waals surface area (Å²) in [7, 11) is 0. The van der Waals surface area contributed by atoms with Crippen molar-refractivity contribution < 1.29 is 28.4 Å². The second kappa shape index (κ2) is 14.6. The minimum Gasteiger partial charge on any atom is -0.491 e. The van der Waals surface area contributed by atoms with Crippen molar-refractivity contribution in [1.82, 2.24) is 0 Å². The van der Waals surface area contributed by atoms with Crippen molar-refractivity contribution in [2.45, 2.75) is 66.0 Å². The molecule has 6 nitrogen and oxygen atoms in total. The second-order valence-corrected chi connectivity index (χ2v) is 7.02. The fraction of sp³-hybridized carbons (Fsp3) is 0.727. The Morgan fingerprint density at radius 2 is 1.07 bits per heavy atom. The lowest BCUT2D eigenvalue weighted by molar-refractivity contribution is -0.0494. The third-order valence-corrected chi connectivity index (χ3v) is 3.71. The molecule has 0 aliphatic heterocycles. The van der Waals surface area contributed by atoms with Gasteiger partial charge in [-0.2, -0.15) is 0 Å². The van der Waals surface area contributed by atoms with Crippen LogP contribution in [0.5, 0.6) is 11.5 Å². The van der Waals surface area contributed by atoms with Crippen molar-refractivity contribution in [2.24, 2.45) is 0 Å². The van der Waals surface area contributed by atoms with Crippen molar-refractivity contribution in [3.63, 3.8) is 0 Å². The van der Waals surface area contributed by atoms with Gasteiger partial charge in [0.2, 0.25) is 0 Å². The van der Waals surface area contributed by atoms with Crippen molar-refractivity contribution in [3.8, 4) is 11.5 Å². The normalized spacial score (nSPS) is 13.7. The average Bonchev–Trinajstić information content (AvgIpc) is 2.66. The van der Waals surface area contributed by atoms with E-state index in [0.717, 1.165) is 11.5 Å². The van der Waals surface area contributed by atoms with Gasteiger partial charge in [-0.25, -0.2) is 0 Å². The largest absolute Gasteiger partial charge is 0.491 e. The van der Waals surface area contributed by atoms with Crippen LogP contribution in [-0.4, -0.2) is 64.1 Å². The van der Waals surface area contributed by atoms with E-state index >= 15 is 0 Å². The molecule has 1 rings (SSSR count). The van der Waals surface area contributed by atoms with E-state index in [0.29, 0.717) is 39.6 Å². The molecule has 162 valence electrons.